The Balaban J connectivity index is 1.28. The van der Waals surface area contributed by atoms with E-state index in [4.69, 9.17) is 9.47 Å². The van der Waals surface area contributed by atoms with Crippen LogP contribution in [0.15, 0.2) is 72.8 Å². The monoisotopic (exact) mass is 488 g/mol. The normalized spacial score (nSPS) is 14.6. The molecule has 1 aliphatic heterocycles. The third-order valence-electron chi connectivity index (χ3n) is 6.02. The number of ether oxygens (including phenoxy) is 2. The van der Waals surface area contributed by atoms with Gasteiger partial charge in [-0.05, 0) is 62.5 Å². The predicted octanol–water partition coefficient (Wildman–Crippen LogP) is 4.11. The van der Waals surface area contributed by atoms with Crippen molar-refractivity contribution in [1.29, 1.82) is 0 Å². The van der Waals surface area contributed by atoms with E-state index in [2.05, 4.69) is 28.5 Å². The van der Waals surface area contributed by atoms with Gasteiger partial charge in [-0.25, -0.2) is 0 Å². The maximum absolute atomic E-state index is 12.6. The molecule has 0 unspecified atom stereocenters. The minimum absolute atomic E-state index is 0.0290. The summed E-state index contributed by atoms with van der Waals surface area (Å²) in [7, 11) is 3.46. The number of carbonyl (C=O) groups excluding carboxylic acids is 2. The number of para-hydroxylation sites is 4. The highest BCUT2D eigenvalue weighted by molar-refractivity contribution is 6.05. The van der Waals surface area contributed by atoms with Gasteiger partial charge in [-0.3, -0.25) is 14.5 Å². The molecule has 0 radical (unpaired) electrons. The highest BCUT2D eigenvalue weighted by Crippen LogP contribution is 2.32. The van der Waals surface area contributed by atoms with E-state index in [-0.39, 0.29) is 24.5 Å². The van der Waals surface area contributed by atoms with E-state index >= 15 is 0 Å². The third kappa shape index (κ3) is 6.14. The maximum atomic E-state index is 12.6. The largest absolute Gasteiger partial charge is 0.495 e. The second-order valence-electron chi connectivity index (χ2n) is 8.72. The lowest BCUT2D eigenvalue weighted by Gasteiger charge is -2.37. The lowest BCUT2D eigenvalue weighted by molar-refractivity contribution is -0.117. The van der Waals surface area contributed by atoms with Crippen LogP contribution in [0.5, 0.6) is 11.5 Å². The maximum Gasteiger partial charge on any atom is 0.255 e. The van der Waals surface area contributed by atoms with Crippen molar-refractivity contribution >= 4 is 28.9 Å². The van der Waals surface area contributed by atoms with Crippen LogP contribution in [0.4, 0.5) is 17.1 Å². The zero-order valence-electron chi connectivity index (χ0n) is 20.9. The average molecular weight is 489 g/mol. The summed E-state index contributed by atoms with van der Waals surface area (Å²) in [5.41, 5.74) is 2.81. The highest BCUT2D eigenvalue weighted by atomic mass is 16.5. The van der Waals surface area contributed by atoms with Gasteiger partial charge >= 0.3 is 0 Å². The van der Waals surface area contributed by atoms with Crippen LogP contribution < -0.4 is 25.0 Å². The van der Waals surface area contributed by atoms with Crippen molar-refractivity contribution in [3.63, 3.8) is 0 Å². The number of amides is 2. The number of benzene rings is 3. The van der Waals surface area contributed by atoms with Crippen LogP contribution >= 0.6 is 0 Å². The molecule has 36 heavy (non-hydrogen) atoms. The van der Waals surface area contributed by atoms with E-state index in [9.17, 15) is 9.59 Å². The minimum Gasteiger partial charge on any atom is -0.495 e. The van der Waals surface area contributed by atoms with E-state index in [1.165, 1.54) is 0 Å². The first-order chi connectivity index (χ1) is 17.5. The molecule has 0 bridgehead atoms. The van der Waals surface area contributed by atoms with Gasteiger partial charge in [0.15, 0.2) is 0 Å². The highest BCUT2D eigenvalue weighted by Gasteiger charge is 2.25. The van der Waals surface area contributed by atoms with Crippen molar-refractivity contribution in [2.24, 2.45) is 0 Å². The first-order valence-electron chi connectivity index (χ1n) is 12.0. The fourth-order valence-electron chi connectivity index (χ4n) is 4.28. The zero-order chi connectivity index (χ0) is 25.5. The molecule has 0 fully saturated rings. The Hall–Kier alpha value is -4.04. The molecule has 1 atom stereocenters. The van der Waals surface area contributed by atoms with Crippen molar-refractivity contribution in [3.8, 4) is 11.5 Å². The summed E-state index contributed by atoms with van der Waals surface area (Å²) in [4.78, 5) is 29.5. The van der Waals surface area contributed by atoms with Crippen LogP contribution in [0.2, 0.25) is 0 Å². The SMILES string of the molecule is CCN1C[C@@H](CN(C)CC(=O)Nc2ccc(C(=O)Nc3ccccc3OC)cc2)Oc2ccccc21. The van der Waals surface area contributed by atoms with E-state index < -0.39 is 0 Å². The Bertz CT molecular complexity index is 1200. The van der Waals surface area contributed by atoms with Crippen LogP contribution in [0.1, 0.15) is 17.3 Å². The van der Waals surface area contributed by atoms with E-state index in [0.29, 0.717) is 29.2 Å². The summed E-state index contributed by atoms with van der Waals surface area (Å²) >= 11 is 0. The topological polar surface area (TPSA) is 83.1 Å². The van der Waals surface area contributed by atoms with E-state index in [0.717, 1.165) is 24.5 Å². The fourth-order valence-corrected chi connectivity index (χ4v) is 4.28. The summed E-state index contributed by atoms with van der Waals surface area (Å²) in [5.74, 6) is 1.08. The summed E-state index contributed by atoms with van der Waals surface area (Å²) in [6.07, 6.45) is -0.0290. The molecule has 0 aliphatic carbocycles. The van der Waals surface area contributed by atoms with Crippen LogP contribution in [-0.4, -0.2) is 63.2 Å². The first kappa shape index (κ1) is 25.1. The number of hydrogen-bond acceptors (Lipinski definition) is 6. The molecule has 188 valence electrons. The van der Waals surface area contributed by atoms with Crippen molar-refractivity contribution in [2.45, 2.75) is 13.0 Å². The van der Waals surface area contributed by atoms with Gasteiger partial charge in [0.25, 0.3) is 5.91 Å². The summed E-state index contributed by atoms with van der Waals surface area (Å²) in [6, 6.07) is 22.1. The van der Waals surface area contributed by atoms with Gasteiger partial charge in [-0.1, -0.05) is 24.3 Å². The van der Waals surface area contributed by atoms with Crippen molar-refractivity contribution < 1.29 is 19.1 Å². The van der Waals surface area contributed by atoms with Crippen molar-refractivity contribution in [3.05, 3.63) is 78.4 Å². The van der Waals surface area contributed by atoms with Gasteiger partial charge in [0.2, 0.25) is 5.91 Å². The molecule has 4 rings (SSSR count). The first-order valence-corrected chi connectivity index (χ1v) is 12.0. The molecular formula is C28H32N4O4. The number of carbonyl (C=O) groups is 2. The second kappa shape index (κ2) is 11.6. The molecule has 8 heteroatoms. The molecule has 2 N–H and O–H groups in total. The van der Waals surface area contributed by atoms with Gasteiger partial charge < -0.3 is 25.0 Å². The fraction of sp³-hybridized carbons (Fsp3) is 0.286. The van der Waals surface area contributed by atoms with Crippen LogP contribution in [0.3, 0.4) is 0 Å². The predicted molar refractivity (Wildman–Crippen MR) is 142 cm³/mol. The Morgan fingerprint density at radius 1 is 1.03 bits per heavy atom. The van der Waals surface area contributed by atoms with Crippen LogP contribution in [-0.2, 0) is 4.79 Å². The Labute approximate surface area is 211 Å². The standard InChI is InChI=1S/C28H32N4O4/c1-4-32-18-22(36-26-12-8-6-10-24(26)32)17-31(2)19-27(33)29-21-15-13-20(14-16-21)28(34)30-23-9-5-7-11-25(23)35-3/h5-16,22H,4,17-19H2,1-3H3,(H,29,33)(H,30,34)/t22-/m1/s1. The second-order valence-corrected chi connectivity index (χ2v) is 8.72. The molecule has 3 aromatic carbocycles. The van der Waals surface area contributed by atoms with Crippen molar-refractivity contribution in [2.75, 3.05) is 55.9 Å². The molecule has 0 spiro atoms. The third-order valence-corrected chi connectivity index (χ3v) is 6.02. The van der Waals surface area contributed by atoms with Crippen molar-refractivity contribution in [1.82, 2.24) is 4.90 Å². The minimum atomic E-state index is -0.257. The smallest absolute Gasteiger partial charge is 0.255 e. The summed E-state index contributed by atoms with van der Waals surface area (Å²) in [5, 5.41) is 5.74. The van der Waals surface area contributed by atoms with Crippen LogP contribution in [0, 0.1) is 0 Å². The number of hydrogen-bond donors (Lipinski definition) is 2. The summed E-state index contributed by atoms with van der Waals surface area (Å²) in [6.45, 7) is 4.65. The number of methoxy groups -OCH3 is 1. The quantitative estimate of drug-likeness (QED) is 0.472. The lowest BCUT2D eigenvalue weighted by atomic mass is 10.1. The van der Waals surface area contributed by atoms with Gasteiger partial charge in [0.05, 0.1) is 31.6 Å². The molecular weight excluding hydrogens is 456 g/mol. The average Bonchev–Trinajstić information content (AvgIpc) is 2.88. The molecule has 3 aromatic rings. The zero-order valence-corrected chi connectivity index (χ0v) is 20.9. The number of rotatable bonds is 9. The number of nitrogens with one attached hydrogen (secondary N) is 2. The summed E-state index contributed by atoms with van der Waals surface area (Å²) < 4.78 is 11.4. The Kier molecular flexibility index (Phi) is 8.07. The molecule has 8 nitrogen and oxygen atoms in total. The van der Waals surface area contributed by atoms with Gasteiger partial charge in [-0.15, -0.1) is 0 Å². The molecule has 2 amide bonds. The molecule has 0 saturated heterocycles. The van der Waals surface area contributed by atoms with Gasteiger partial charge in [-0.2, -0.15) is 0 Å². The number of likely N-dealkylation sites (N-methyl/N-ethyl adjacent to an activating group) is 2. The Morgan fingerprint density at radius 3 is 2.50 bits per heavy atom. The molecule has 0 saturated carbocycles. The number of fused-ring (bicyclic) bond motifs is 1. The molecule has 1 aliphatic rings. The van der Waals surface area contributed by atoms with Gasteiger partial charge in [0.1, 0.15) is 17.6 Å². The lowest BCUT2D eigenvalue weighted by Crippen LogP contribution is -2.46. The van der Waals surface area contributed by atoms with Crippen LogP contribution in [0.25, 0.3) is 0 Å². The van der Waals surface area contributed by atoms with Gasteiger partial charge in [0, 0.05) is 24.3 Å². The van der Waals surface area contributed by atoms with E-state index in [1.54, 1.807) is 43.5 Å². The number of nitrogens with zero attached hydrogens (tertiary/aromatic N) is 2. The molecule has 0 aromatic heterocycles. The number of anilines is 3. The van der Waals surface area contributed by atoms with E-state index in [1.807, 2.05) is 42.3 Å². The Morgan fingerprint density at radius 2 is 1.75 bits per heavy atom. The molecule has 1 heterocycles.